The van der Waals surface area contributed by atoms with Gasteiger partial charge in [-0.15, -0.1) is 0 Å². The largest absolute Gasteiger partial charge is 0.489 e. The molecule has 0 unspecified atom stereocenters. The molecule has 28 heavy (non-hydrogen) atoms. The number of benzene rings is 3. The number of hydrogen-bond acceptors (Lipinski definition) is 4. The summed E-state index contributed by atoms with van der Waals surface area (Å²) in [5.41, 5.74) is 2.10. The van der Waals surface area contributed by atoms with Crippen LogP contribution in [0, 0.1) is 0 Å². The Balaban J connectivity index is 1.43. The summed E-state index contributed by atoms with van der Waals surface area (Å²) in [6, 6.07) is 24.1. The van der Waals surface area contributed by atoms with Gasteiger partial charge in [0.15, 0.2) is 5.75 Å². The summed E-state index contributed by atoms with van der Waals surface area (Å²) in [4.78, 5) is 16.8. The van der Waals surface area contributed by atoms with Gasteiger partial charge in [-0.3, -0.25) is 4.98 Å². The molecule has 0 saturated heterocycles. The first-order valence-corrected chi connectivity index (χ1v) is 9.51. The molecule has 0 atom stereocenters. The molecule has 0 radical (unpaired) electrons. The van der Waals surface area contributed by atoms with E-state index in [1.54, 1.807) is 24.4 Å². The van der Waals surface area contributed by atoms with Crippen LogP contribution in [0.4, 0.5) is 0 Å². The van der Waals surface area contributed by atoms with Crippen molar-refractivity contribution in [3.8, 4) is 11.5 Å². The molecule has 0 aliphatic carbocycles. The number of nitrogens with zero attached hydrogens (tertiary/aromatic N) is 1. The van der Waals surface area contributed by atoms with Crippen LogP contribution in [0.5, 0.6) is 11.5 Å². The second kappa shape index (κ2) is 8.23. The molecule has 1 heterocycles. The first-order chi connectivity index (χ1) is 13.7. The van der Waals surface area contributed by atoms with Gasteiger partial charge in [0.1, 0.15) is 17.9 Å². The van der Waals surface area contributed by atoms with Gasteiger partial charge in [0.2, 0.25) is 0 Å². The van der Waals surface area contributed by atoms with Crippen LogP contribution >= 0.6 is 15.9 Å². The number of carbonyl (C=O) groups excluding carboxylic acids is 1. The predicted molar refractivity (Wildman–Crippen MR) is 112 cm³/mol. The van der Waals surface area contributed by atoms with E-state index < -0.39 is 5.97 Å². The first-order valence-electron chi connectivity index (χ1n) is 8.72. The Morgan fingerprint density at radius 2 is 1.64 bits per heavy atom. The van der Waals surface area contributed by atoms with Gasteiger partial charge in [0.05, 0.1) is 5.56 Å². The fourth-order valence-corrected chi connectivity index (χ4v) is 3.02. The number of ether oxygens (including phenoxy) is 2. The fraction of sp³-hybridized carbons (Fsp3) is 0.0435. The molecular formula is C23H16BrNO3. The lowest BCUT2D eigenvalue weighted by Gasteiger charge is -2.09. The van der Waals surface area contributed by atoms with Crippen LogP contribution in [-0.2, 0) is 6.61 Å². The number of para-hydroxylation sites is 1. The minimum atomic E-state index is -0.418. The smallest absolute Gasteiger partial charge is 0.343 e. The van der Waals surface area contributed by atoms with Crippen LogP contribution in [0.1, 0.15) is 15.9 Å². The Bertz CT molecular complexity index is 1100. The Morgan fingerprint density at radius 3 is 2.43 bits per heavy atom. The zero-order valence-electron chi connectivity index (χ0n) is 14.8. The number of pyridine rings is 1. The minimum Gasteiger partial charge on any atom is -0.489 e. The normalized spacial score (nSPS) is 10.6. The van der Waals surface area contributed by atoms with E-state index in [9.17, 15) is 4.79 Å². The Morgan fingerprint density at radius 1 is 0.893 bits per heavy atom. The lowest BCUT2D eigenvalue weighted by molar-refractivity contribution is 0.0736. The van der Waals surface area contributed by atoms with Crippen molar-refractivity contribution in [1.82, 2.24) is 4.98 Å². The maximum Gasteiger partial charge on any atom is 0.343 e. The third kappa shape index (κ3) is 4.21. The van der Waals surface area contributed by atoms with Crippen LogP contribution in [0.3, 0.4) is 0 Å². The number of hydrogen-bond donors (Lipinski definition) is 0. The predicted octanol–water partition coefficient (Wildman–Crippen LogP) is 5.80. The molecule has 3 aromatic carbocycles. The maximum atomic E-state index is 12.5. The van der Waals surface area contributed by atoms with Crippen LogP contribution in [-0.4, -0.2) is 11.0 Å². The van der Waals surface area contributed by atoms with E-state index in [1.807, 2.05) is 60.7 Å². The molecular weight excluding hydrogens is 418 g/mol. The highest BCUT2D eigenvalue weighted by atomic mass is 79.9. The lowest BCUT2D eigenvalue weighted by atomic mass is 10.1. The third-order valence-electron chi connectivity index (χ3n) is 4.21. The Kier molecular flexibility index (Phi) is 5.35. The zero-order valence-corrected chi connectivity index (χ0v) is 16.4. The molecule has 0 N–H and O–H groups in total. The highest BCUT2D eigenvalue weighted by Crippen LogP contribution is 2.24. The molecule has 0 saturated carbocycles. The molecule has 0 fully saturated rings. The van der Waals surface area contributed by atoms with Crippen molar-refractivity contribution in [3.63, 3.8) is 0 Å². The average molecular weight is 434 g/mol. The van der Waals surface area contributed by atoms with Crippen LogP contribution < -0.4 is 9.47 Å². The van der Waals surface area contributed by atoms with Crippen LogP contribution in [0.2, 0.25) is 0 Å². The summed E-state index contributed by atoms with van der Waals surface area (Å²) in [5.74, 6) is 0.819. The molecule has 1 aromatic heterocycles. The highest BCUT2D eigenvalue weighted by molar-refractivity contribution is 9.10. The van der Waals surface area contributed by atoms with Gasteiger partial charge in [0, 0.05) is 16.1 Å². The third-order valence-corrected chi connectivity index (χ3v) is 4.74. The quantitative estimate of drug-likeness (QED) is 0.295. The Hall–Kier alpha value is -3.18. The van der Waals surface area contributed by atoms with Gasteiger partial charge in [0.25, 0.3) is 0 Å². The van der Waals surface area contributed by atoms with Crippen molar-refractivity contribution < 1.29 is 14.3 Å². The second-order valence-electron chi connectivity index (χ2n) is 6.16. The molecule has 4 nitrogen and oxygen atoms in total. The van der Waals surface area contributed by atoms with E-state index in [0.717, 1.165) is 21.2 Å². The van der Waals surface area contributed by atoms with Crippen molar-refractivity contribution in [3.05, 3.63) is 101 Å². The van der Waals surface area contributed by atoms with E-state index in [2.05, 4.69) is 20.9 Å². The van der Waals surface area contributed by atoms with E-state index in [1.165, 1.54) is 0 Å². The SMILES string of the molecule is O=C(Oc1cccc2cccnc12)c1ccc(COc2ccc(Br)cc2)cc1. The van der Waals surface area contributed by atoms with Crippen molar-refractivity contribution in [2.24, 2.45) is 0 Å². The molecule has 5 heteroatoms. The fourth-order valence-electron chi connectivity index (χ4n) is 2.75. The topological polar surface area (TPSA) is 48.4 Å². The number of fused-ring (bicyclic) bond motifs is 1. The number of esters is 1. The van der Waals surface area contributed by atoms with Crippen molar-refractivity contribution in [2.45, 2.75) is 6.61 Å². The summed E-state index contributed by atoms with van der Waals surface area (Å²) >= 11 is 3.40. The molecule has 138 valence electrons. The number of carbonyl (C=O) groups is 1. The average Bonchev–Trinajstić information content (AvgIpc) is 2.74. The van der Waals surface area contributed by atoms with E-state index in [4.69, 9.17) is 9.47 Å². The molecule has 0 aliphatic heterocycles. The highest BCUT2D eigenvalue weighted by Gasteiger charge is 2.11. The molecule has 0 bridgehead atoms. The van der Waals surface area contributed by atoms with Gasteiger partial charge in [-0.05, 0) is 54.1 Å². The summed E-state index contributed by atoms with van der Waals surface area (Å²) in [5, 5.41) is 0.924. The lowest BCUT2D eigenvalue weighted by Crippen LogP contribution is -2.09. The molecule has 4 aromatic rings. The second-order valence-corrected chi connectivity index (χ2v) is 7.08. The van der Waals surface area contributed by atoms with Gasteiger partial charge in [-0.2, -0.15) is 0 Å². The van der Waals surface area contributed by atoms with Crippen LogP contribution in [0.25, 0.3) is 10.9 Å². The summed E-state index contributed by atoms with van der Waals surface area (Å²) in [6.45, 7) is 0.421. The molecule has 0 amide bonds. The standard InChI is InChI=1S/C23H16BrNO3/c24-19-10-12-20(13-11-19)27-15-16-6-8-18(9-7-16)23(26)28-21-5-1-3-17-4-2-14-25-22(17)21/h1-14H,15H2. The van der Waals surface area contributed by atoms with Crippen molar-refractivity contribution in [1.29, 1.82) is 0 Å². The van der Waals surface area contributed by atoms with Crippen LogP contribution in [0.15, 0.2) is 89.5 Å². The Labute approximate surface area is 170 Å². The molecule has 0 aliphatic rings. The summed E-state index contributed by atoms with van der Waals surface area (Å²) in [6.07, 6.45) is 1.68. The monoisotopic (exact) mass is 433 g/mol. The minimum absolute atomic E-state index is 0.418. The summed E-state index contributed by atoms with van der Waals surface area (Å²) in [7, 11) is 0. The van der Waals surface area contributed by atoms with Crippen molar-refractivity contribution in [2.75, 3.05) is 0 Å². The van der Waals surface area contributed by atoms with Gasteiger partial charge in [-0.25, -0.2) is 4.79 Å². The first kappa shape index (κ1) is 18.2. The van der Waals surface area contributed by atoms with Crippen molar-refractivity contribution >= 4 is 32.8 Å². The number of aromatic nitrogens is 1. The van der Waals surface area contributed by atoms with Gasteiger partial charge in [-0.1, -0.05) is 46.3 Å². The van der Waals surface area contributed by atoms with Gasteiger partial charge < -0.3 is 9.47 Å². The maximum absolute atomic E-state index is 12.5. The van der Waals surface area contributed by atoms with E-state index in [-0.39, 0.29) is 0 Å². The zero-order chi connectivity index (χ0) is 19.3. The van der Waals surface area contributed by atoms with E-state index in [0.29, 0.717) is 23.4 Å². The number of halogens is 1. The number of rotatable bonds is 5. The summed E-state index contributed by atoms with van der Waals surface area (Å²) < 4.78 is 12.3. The van der Waals surface area contributed by atoms with E-state index >= 15 is 0 Å². The van der Waals surface area contributed by atoms with Gasteiger partial charge >= 0.3 is 5.97 Å². The molecule has 0 spiro atoms. The molecule has 4 rings (SSSR count).